The van der Waals surface area contributed by atoms with Crippen LogP contribution in [0.25, 0.3) is 0 Å². The minimum absolute atomic E-state index is 0.134. The highest BCUT2D eigenvalue weighted by Crippen LogP contribution is 2.43. The molecule has 0 aromatic rings. The molecule has 0 aromatic heterocycles. The Balaban J connectivity index is 2.61. The molecule has 3 heteroatoms. The van der Waals surface area contributed by atoms with Crippen molar-refractivity contribution in [3.05, 3.63) is 0 Å². The van der Waals surface area contributed by atoms with Gasteiger partial charge >= 0.3 is 5.97 Å². The zero-order valence-electron chi connectivity index (χ0n) is 12.4. The molecule has 0 saturated heterocycles. The molecule has 1 saturated carbocycles. The van der Waals surface area contributed by atoms with Gasteiger partial charge in [-0.1, -0.05) is 20.8 Å². The average molecular weight is 256 g/mol. The van der Waals surface area contributed by atoms with Gasteiger partial charge in [0.05, 0.1) is 11.5 Å². The Morgan fingerprint density at radius 1 is 1.06 bits per heavy atom. The SMILES string of the molecule is CC(C)(C)C1CCC(C(O)C(C)(C)C(=O)O)CC1. The number of aliphatic carboxylic acids is 1. The van der Waals surface area contributed by atoms with Gasteiger partial charge in [0.2, 0.25) is 0 Å². The van der Waals surface area contributed by atoms with Crippen molar-refractivity contribution in [1.82, 2.24) is 0 Å². The molecule has 0 aliphatic heterocycles. The van der Waals surface area contributed by atoms with E-state index >= 15 is 0 Å². The maximum absolute atomic E-state index is 11.2. The predicted molar refractivity (Wildman–Crippen MR) is 72.3 cm³/mol. The van der Waals surface area contributed by atoms with Crippen LogP contribution in [0.5, 0.6) is 0 Å². The molecule has 0 radical (unpaired) electrons. The summed E-state index contributed by atoms with van der Waals surface area (Å²) in [6.45, 7) is 10.0. The molecule has 0 spiro atoms. The van der Waals surface area contributed by atoms with Crippen molar-refractivity contribution in [3.63, 3.8) is 0 Å². The van der Waals surface area contributed by atoms with E-state index in [1.807, 2.05) is 0 Å². The molecular formula is C15H28O3. The summed E-state index contributed by atoms with van der Waals surface area (Å²) in [5.74, 6) is -0.0865. The van der Waals surface area contributed by atoms with Crippen LogP contribution in [-0.4, -0.2) is 22.3 Å². The van der Waals surface area contributed by atoms with E-state index < -0.39 is 17.5 Å². The molecule has 1 atom stereocenters. The van der Waals surface area contributed by atoms with Crippen molar-refractivity contribution in [2.24, 2.45) is 22.7 Å². The molecule has 1 aliphatic carbocycles. The third kappa shape index (κ3) is 3.25. The van der Waals surface area contributed by atoms with Crippen LogP contribution in [-0.2, 0) is 4.79 Å². The van der Waals surface area contributed by atoms with E-state index in [4.69, 9.17) is 5.11 Å². The van der Waals surface area contributed by atoms with Gasteiger partial charge in [0, 0.05) is 0 Å². The molecule has 2 N–H and O–H groups in total. The lowest BCUT2D eigenvalue weighted by Crippen LogP contribution is -2.43. The Morgan fingerprint density at radius 2 is 1.50 bits per heavy atom. The molecule has 0 bridgehead atoms. The maximum Gasteiger partial charge on any atom is 0.311 e. The molecule has 3 nitrogen and oxygen atoms in total. The number of hydrogen-bond acceptors (Lipinski definition) is 2. The molecule has 1 aliphatic rings. The second kappa shape index (κ2) is 5.20. The first-order valence-electron chi connectivity index (χ1n) is 6.98. The number of carbonyl (C=O) groups is 1. The second-order valence-electron chi connectivity index (χ2n) is 7.45. The van der Waals surface area contributed by atoms with Crippen LogP contribution in [0, 0.1) is 22.7 Å². The standard InChI is InChI=1S/C15H28O3/c1-14(2,3)11-8-6-10(7-9-11)12(16)15(4,5)13(17)18/h10-12,16H,6-9H2,1-5H3,(H,17,18). The lowest BCUT2D eigenvalue weighted by Gasteiger charge is -2.41. The summed E-state index contributed by atoms with van der Waals surface area (Å²) in [5.41, 5.74) is -0.725. The Hall–Kier alpha value is -0.570. The fourth-order valence-electron chi connectivity index (χ4n) is 3.02. The van der Waals surface area contributed by atoms with Crippen LogP contribution in [0.4, 0.5) is 0 Å². The minimum atomic E-state index is -1.04. The normalized spacial score (nSPS) is 27.9. The second-order valence-corrected chi connectivity index (χ2v) is 7.45. The van der Waals surface area contributed by atoms with Crippen LogP contribution in [0.3, 0.4) is 0 Å². The summed E-state index contributed by atoms with van der Waals surface area (Å²) in [4.78, 5) is 11.2. The summed E-state index contributed by atoms with van der Waals surface area (Å²) in [5, 5.41) is 19.4. The van der Waals surface area contributed by atoms with Gasteiger partial charge in [-0.05, 0) is 56.8 Å². The summed E-state index contributed by atoms with van der Waals surface area (Å²) in [6, 6.07) is 0. The van der Waals surface area contributed by atoms with E-state index in [1.165, 1.54) is 0 Å². The van der Waals surface area contributed by atoms with Gasteiger partial charge < -0.3 is 10.2 Å². The monoisotopic (exact) mass is 256 g/mol. The van der Waals surface area contributed by atoms with Crippen molar-refractivity contribution >= 4 is 5.97 Å². The van der Waals surface area contributed by atoms with Gasteiger partial charge in [-0.3, -0.25) is 4.79 Å². The Bertz CT molecular complexity index is 293. The lowest BCUT2D eigenvalue weighted by atomic mass is 9.66. The fourth-order valence-corrected chi connectivity index (χ4v) is 3.02. The average Bonchev–Trinajstić information content (AvgIpc) is 2.26. The highest BCUT2D eigenvalue weighted by molar-refractivity contribution is 5.74. The number of aliphatic hydroxyl groups excluding tert-OH is 1. The number of hydrogen-bond donors (Lipinski definition) is 2. The number of carboxylic acid groups (broad SMARTS) is 1. The number of carboxylic acids is 1. The summed E-state index contributed by atoms with van der Waals surface area (Å²) in [6.07, 6.45) is 3.34. The molecular weight excluding hydrogens is 228 g/mol. The highest BCUT2D eigenvalue weighted by Gasteiger charge is 2.42. The van der Waals surface area contributed by atoms with Crippen LogP contribution >= 0.6 is 0 Å². The molecule has 0 heterocycles. The summed E-state index contributed by atoms with van der Waals surface area (Å²) >= 11 is 0. The van der Waals surface area contributed by atoms with Crippen molar-refractivity contribution in [2.75, 3.05) is 0 Å². The van der Waals surface area contributed by atoms with E-state index in [0.29, 0.717) is 11.3 Å². The predicted octanol–water partition coefficient (Wildman–Crippen LogP) is 3.31. The van der Waals surface area contributed by atoms with Crippen LogP contribution in [0.1, 0.15) is 60.3 Å². The largest absolute Gasteiger partial charge is 0.481 e. The third-order valence-electron chi connectivity index (χ3n) is 4.73. The van der Waals surface area contributed by atoms with Gasteiger partial charge in [0.15, 0.2) is 0 Å². The maximum atomic E-state index is 11.2. The lowest BCUT2D eigenvalue weighted by molar-refractivity contribution is -0.157. The van der Waals surface area contributed by atoms with Crippen LogP contribution in [0.2, 0.25) is 0 Å². The highest BCUT2D eigenvalue weighted by atomic mass is 16.4. The van der Waals surface area contributed by atoms with Gasteiger partial charge in [0.1, 0.15) is 0 Å². The summed E-state index contributed by atoms with van der Waals surface area (Å²) < 4.78 is 0. The number of rotatable bonds is 3. The van der Waals surface area contributed by atoms with E-state index in [-0.39, 0.29) is 5.92 Å². The Labute approximate surface area is 111 Å². The topological polar surface area (TPSA) is 57.5 Å². The van der Waals surface area contributed by atoms with E-state index in [2.05, 4.69) is 20.8 Å². The first-order valence-corrected chi connectivity index (χ1v) is 6.98. The van der Waals surface area contributed by atoms with Gasteiger partial charge in [0.25, 0.3) is 0 Å². The summed E-state index contributed by atoms with van der Waals surface area (Å²) in [7, 11) is 0. The van der Waals surface area contributed by atoms with Crippen molar-refractivity contribution in [2.45, 2.75) is 66.4 Å². The zero-order valence-corrected chi connectivity index (χ0v) is 12.4. The molecule has 1 rings (SSSR count). The van der Waals surface area contributed by atoms with Gasteiger partial charge in [-0.2, -0.15) is 0 Å². The van der Waals surface area contributed by atoms with Gasteiger partial charge in [-0.25, -0.2) is 0 Å². The van der Waals surface area contributed by atoms with Crippen LogP contribution in [0.15, 0.2) is 0 Å². The first kappa shape index (κ1) is 15.5. The zero-order chi connectivity index (χ0) is 14.1. The quantitative estimate of drug-likeness (QED) is 0.814. The van der Waals surface area contributed by atoms with E-state index in [9.17, 15) is 9.90 Å². The molecule has 18 heavy (non-hydrogen) atoms. The van der Waals surface area contributed by atoms with E-state index in [1.54, 1.807) is 13.8 Å². The molecule has 0 aromatic carbocycles. The number of aliphatic hydroxyl groups is 1. The van der Waals surface area contributed by atoms with Crippen LogP contribution < -0.4 is 0 Å². The fraction of sp³-hybridized carbons (Fsp3) is 0.933. The Kier molecular flexibility index (Phi) is 4.47. The molecule has 0 amide bonds. The van der Waals surface area contributed by atoms with Gasteiger partial charge in [-0.15, -0.1) is 0 Å². The van der Waals surface area contributed by atoms with Crippen molar-refractivity contribution in [3.8, 4) is 0 Å². The third-order valence-corrected chi connectivity index (χ3v) is 4.73. The van der Waals surface area contributed by atoms with E-state index in [0.717, 1.165) is 25.7 Å². The smallest absolute Gasteiger partial charge is 0.311 e. The molecule has 1 fully saturated rings. The van der Waals surface area contributed by atoms with Crippen molar-refractivity contribution < 1.29 is 15.0 Å². The van der Waals surface area contributed by atoms with Crippen molar-refractivity contribution in [1.29, 1.82) is 0 Å². The Morgan fingerprint density at radius 3 is 1.83 bits per heavy atom. The minimum Gasteiger partial charge on any atom is -0.481 e. The first-order chi connectivity index (χ1) is 8.06. The molecule has 1 unspecified atom stereocenters. The molecule has 106 valence electrons.